The molecule has 50 heavy (non-hydrogen) atoms. The summed E-state index contributed by atoms with van der Waals surface area (Å²) in [5.74, 6) is -1.40. The summed E-state index contributed by atoms with van der Waals surface area (Å²) in [4.78, 5) is 56.0. The van der Waals surface area contributed by atoms with Gasteiger partial charge in [-0.25, -0.2) is 14.4 Å². The van der Waals surface area contributed by atoms with Crippen molar-refractivity contribution in [2.75, 3.05) is 6.54 Å². The van der Waals surface area contributed by atoms with Crippen molar-refractivity contribution in [3.63, 3.8) is 0 Å². The highest BCUT2D eigenvalue weighted by atomic mass is 16.6. The Hall–Kier alpha value is -6.17. The van der Waals surface area contributed by atoms with Crippen LogP contribution in [-0.2, 0) is 50.0 Å². The van der Waals surface area contributed by atoms with Crippen LogP contribution in [0.4, 0.5) is 9.59 Å². The van der Waals surface area contributed by atoms with E-state index in [2.05, 4.69) is 20.9 Å². The van der Waals surface area contributed by atoms with Crippen LogP contribution in [0.5, 0.6) is 0 Å². The molecule has 3 amide bonds. The van der Waals surface area contributed by atoms with Gasteiger partial charge in [0.25, 0.3) is 0 Å². The fraction of sp³-hybridized carbons (Fsp3) is 0.237. The molecule has 0 unspecified atom stereocenters. The molecule has 0 spiro atoms. The number of nitrogens with two attached hydrogens (primary N) is 1. The first-order valence-corrected chi connectivity index (χ1v) is 16.2. The van der Waals surface area contributed by atoms with E-state index in [1.165, 1.54) is 0 Å². The number of guanidine groups is 1. The van der Waals surface area contributed by atoms with Gasteiger partial charge < -0.3 is 30.6 Å². The molecule has 0 bridgehead atoms. The zero-order valence-electron chi connectivity index (χ0n) is 27.5. The van der Waals surface area contributed by atoms with Gasteiger partial charge in [0.1, 0.15) is 31.9 Å². The Morgan fingerprint density at radius 1 is 0.580 bits per heavy atom. The highest BCUT2D eigenvalue weighted by Gasteiger charge is 2.28. The Bertz CT molecular complexity index is 1670. The molecular weight excluding hydrogens is 638 g/mol. The van der Waals surface area contributed by atoms with Crippen molar-refractivity contribution in [1.29, 1.82) is 0 Å². The summed E-state index contributed by atoms with van der Waals surface area (Å²) in [6.45, 7) is 0.202. The van der Waals surface area contributed by atoms with E-state index in [4.69, 9.17) is 19.9 Å². The van der Waals surface area contributed by atoms with Crippen LogP contribution in [0.1, 0.15) is 35.1 Å². The zero-order valence-corrected chi connectivity index (χ0v) is 27.5. The normalized spacial score (nSPS) is 12.1. The Labute approximate surface area is 291 Å². The molecule has 5 N–H and O–H groups in total. The minimum absolute atomic E-state index is 0.00365. The molecule has 0 radical (unpaired) electrons. The lowest BCUT2D eigenvalue weighted by Crippen LogP contribution is -2.52. The van der Waals surface area contributed by atoms with Crippen molar-refractivity contribution in [3.05, 3.63) is 144 Å². The number of aliphatic imine (C=N–C) groups is 1. The second kappa shape index (κ2) is 20.3. The van der Waals surface area contributed by atoms with Gasteiger partial charge in [0, 0.05) is 13.0 Å². The molecule has 0 aliphatic rings. The summed E-state index contributed by atoms with van der Waals surface area (Å²) in [6.07, 6.45) is -1.03. The van der Waals surface area contributed by atoms with Crippen molar-refractivity contribution in [2.24, 2.45) is 10.7 Å². The molecule has 4 aromatic carbocycles. The van der Waals surface area contributed by atoms with Gasteiger partial charge in [-0.1, -0.05) is 121 Å². The fourth-order valence-electron chi connectivity index (χ4n) is 4.72. The molecule has 0 aliphatic carbocycles. The minimum Gasteiger partial charge on any atom is -0.459 e. The maximum atomic E-state index is 13.7. The minimum atomic E-state index is -1.10. The fourth-order valence-corrected chi connectivity index (χ4v) is 4.72. The van der Waals surface area contributed by atoms with Crippen LogP contribution < -0.4 is 21.7 Å². The average molecular weight is 680 g/mol. The van der Waals surface area contributed by atoms with Crippen LogP contribution in [0, 0.1) is 0 Å². The van der Waals surface area contributed by atoms with Crippen molar-refractivity contribution >= 4 is 30.0 Å². The van der Waals surface area contributed by atoms with Crippen molar-refractivity contribution in [2.45, 2.75) is 51.2 Å². The predicted molar refractivity (Wildman–Crippen MR) is 187 cm³/mol. The summed E-state index contributed by atoms with van der Waals surface area (Å²) in [7, 11) is 0. The van der Waals surface area contributed by atoms with Crippen LogP contribution in [0.25, 0.3) is 0 Å². The number of hydrogen-bond acceptors (Lipinski definition) is 8. The molecule has 2 atom stereocenters. The maximum absolute atomic E-state index is 13.7. The number of alkyl carbamates (subject to hydrolysis) is 2. The molecule has 4 rings (SSSR count). The lowest BCUT2D eigenvalue weighted by molar-refractivity contribution is -0.149. The second-order valence-corrected chi connectivity index (χ2v) is 11.2. The van der Waals surface area contributed by atoms with Gasteiger partial charge >= 0.3 is 18.2 Å². The van der Waals surface area contributed by atoms with Crippen LogP contribution in [-0.4, -0.2) is 48.7 Å². The molecule has 12 nitrogen and oxygen atoms in total. The number of amides is 3. The predicted octanol–water partition coefficient (Wildman–Crippen LogP) is 4.77. The lowest BCUT2D eigenvalue weighted by Gasteiger charge is -2.23. The van der Waals surface area contributed by atoms with Crippen molar-refractivity contribution in [3.8, 4) is 0 Å². The average Bonchev–Trinajstić information content (AvgIpc) is 3.14. The Kier molecular flexibility index (Phi) is 14.9. The summed E-state index contributed by atoms with van der Waals surface area (Å²) in [5.41, 5.74) is 9.04. The number of esters is 1. The van der Waals surface area contributed by atoms with Gasteiger partial charge in [-0.05, 0) is 35.1 Å². The van der Waals surface area contributed by atoms with Crippen LogP contribution in [0.2, 0.25) is 0 Å². The van der Waals surface area contributed by atoms with Gasteiger partial charge in [-0.2, -0.15) is 0 Å². The van der Waals surface area contributed by atoms with Crippen molar-refractivity contribution < 1.29 is 33.4 Å². The third kappa shape index (κ3) is 13.5. The first kappa shape index (κ1) is 36.7. The van der Waals surface area contributed by atoms with E-state index in [9.17, 15) is 19.2 Å². The Morgan fingerprint density at radius 3 is 1.56 bits per heavy atom. The SMILES string of the molecule is NC(=NCCC[C@@H](NC(=O)OCc1ccccc1)C(=O)N[C@H](Cc1ccccc1)C(=O)OCc1ccccc1)NC(=O)OCc1ccccc1. The summed E-state index contributed by atoms with van der Waals surface area (Å²) < 4.78 is 16.1. The monoisotopic (exact) mass is 679 g/mol. The summed E-state index contributed by atoms with van der Waals surface area (Å²) in [5, 5.41) is 7.73. The van der Waals surface area contributed by atoms with E-state index in [-0.39, 0.29) is 51.6 Å². The standard InChI is InChI=1S/C38H41N5O7/c39-36(43-38(47)50-27-31-20-11-4-12-21-31)40-23-13-22-32(42-37(46)49-26-30-18-9-3-10-19-30)34(44)41-33(24-28-14-5-1-6-15-28)35(45)48-25-29-16-7-2-8-17-29/h1-12,14-21,32-33H,13,22-27H2,(H,41,44)(H,42,46)(H3,39,40,43,47)/t32-,33-/m1/s1. The van der Waals surface area contributed by atoms with E-state index in [0.717, 1.165) is 22.3 Å². The molecule has 0 aliphatic heterocycles. The summed E-state index contributed by atoms with van der Waals surface area (Å²) in [6, 6.07) is 34.5. The molecule has 260 valence electrons. The number of nitrogens with zero attached hydrogens (tertiary/aromatic N) is 1. The maximum Gasteiger partial charge on any atom is 0.414 e. The molecule has 0 saturated carbocycles. The molecule has 0 fully saturated rings. The van der Waals surface area contributed by atoms with E-state index in [1.807, 2.05) is 109 Å². The first-order chi connectivity index (χ1) is 24.4. The number of carbonyl (C=O) groups excluding carboxylic acids is 4. The number of ether oxygens (including phenoxy) is 3. The third-order valence-electron chi connectivity index (χ3n) is 7.30. The molecular formula is C38H41N5O7. The van der Waals surface area contributed by atoms with Crippen LogP contribution in [0.3, 0.4) is 0 Å². The number of nitrogens with one attached hydrogen (secondary N) is 3. The van der Waals surface area contributed by atoms with Gasteiger partial charge in [-0.3, -0.25) is 15.1 Å². The van der Waals surface area contributed by atoms with Gasteiger partial charge in [-0.15, -0.1) is 0 Å². The Morgan fingerprint density at radius 2 is 1.04 bits per heavy atom. The third-order valence-corrected chi connectivity index (χ3v) is 7.30. The van der Waals surface area contributed by atoms with E-state index >= 15 is 0 Å². The van der Waals surface area contributed by atoms with Crippen LogP contribution >= 0.6 is 0 Å². The number of benzene rings is 4. The topological polar surface area (TPSA) is 170 Å². The number of rotatable bonds is 16. The second-order valence-electron chi connectivity index (χ2n) is 11.2. The van der Waals surface area contributed by atoms with Gasteiger partial charge in [0.2, 0.25) is 5.91 Å². The highest BCUT2D eigenvalue weighted by Crippen LogP contribution is 2.10. The van der Waals surface area contributed by atoms with Crippen molar-refractivity contribution in [1.82, 2.24) is 16.0 Å². The molecule has 12 heteroatoms. The quantitative estimate of drug-likeness (QED) is 0.0431. The summed E-state index contributed by atoms with van der Waals surface area (Å²) >= 11 is 0. The van der Waals surface area contributed by atoms with Crippen LogP contribution in [0.15, 0.2) is 126 Å². The zero-order chi connectivity index (χ0) is 35.4. The first-order valence-electron chi connectivity index (χ1n) is 16.2. The molecule has 0 aromatic heterocycles. The molecule has 4 aromatic rings. The smallest absolute Gasteiger partial charge is 0.414 e. The number of carbonyl (C=O) groups is 4. The Balaban J connectivity index is 1.38. The van der Waals surface area contributed by atoms with E-state index < -0.39 is 36.1 Å². The number of hydrogen-bond donors (Lipinski definition) is 4. The highest BCUT2D eigenvalue weighted by molar-refractivity contribution is 5.93. The lowest BCUT2D eigenvalue weighted by atomic mass is 10.0. The molecule has 0 saturated heterocycles. The van der Waals surface area contributed by atoms with Gasteiger partial charge in [0.15, 0.2) is 5.96 Å². The van der Waals surface area contributed by atoms with E-state index in [1.54, 1.807) is 12.1 Å². The van der Waals surface area contributed by atoms with Gasteiger partial charge in [0.05, 0.1) is 0 Å². The largest absolute Gasteiger partial charge is 0.459 e. The molecule has 0 heterocycles. The van der Waals surface area contributed by atoms with E-state index in [0.29, 0.717) is 0 Å².